The minimum absolute atomic E-state index is 0.0125. The number of halogens is 3. The van der Waals surface area contributed by atoms with Gasteiger partial charge in [-0.15, -0.1) is 0 Å². The first-order valence-electron chi connectivity index (χ1n) is 7.98. The number of carbonyl (C=O) groups excluding carboxylic acids is 2. The van der Waals surface area contributed by atoms with E-state index in [0.717, 1.165) is 0 Å². The number of amides is 3. The maximum Gasteiger partial charge on any atom is 0.387 e. The van der Waals surface area contributed by atoms with Crippen LogP contribution in [0.15, 0.2) is 48.5 Å². The van der Waals surface area contributed by atoms with Crippen LogP contribution >= 0.6 is 0 Å². The monoisotopic (exact) mass is 381 g/mol. The molecule has 3 N–H and O–H groups in total. The number of rotatable bonds is 6. The highest BCUT2D eigenvalue weighted by atomic mass is 19.3. The standard InChI is InChI=1S/C18H18F3N3O3/c1-11(13-4-8-15(9-5-13)27-17(20)21)22-18(26)24-23-16(25)10-12-2-6-14(19)7-3-12/h2-9,11,17H,10H2,1H3,(H,23,25)(H2,22,24,26). The molecule has 1 atom stereocenters. The van der Waals surface area contributed by atoms with E-state index in [2.05, 4.69) is 20.9 Å². The predicted molar refractivity (Wildman–Crippen MR) is 91.4 cm³/mol. The van der Waals surface area contributed by atoms with Crippen LogP contribution in [0, 0.1) is 5.82 Å². The minimum Gasteiger partial charge on any atom is -0.435 e. The zero-order chi connectivity index (χ0) is 19.8. The summed E-state index contributed by atoms with van der Waals surface area (Å²) in [6.45, 7) is -1.22. The summed E-state index contributed by atoms with van der Waals surface area (Å²) in [7, 11) is 0. The maximum atomic E-state index is 12.8. The molecule has 6 nitrogen and oxygen atoms in total. The van der Waals surface area contributed by atoms with E-state index in [0.29, 0.717) is 11.1 Å². The van der Waals surface area contributed by atoms with Gasteiger partial charge < -0.3 is 10.1 Å². The van der Waals surface area contributed by atoms with Crippen LogP contribution in [-0.4, -0.2) is 18.5 Å². The van der Waals surface area contributed by atoms with Crippen LogP contribution in [0.2, 0.25) is 0 Å². The Hall–Kier alpha value is -3.23. The first-order valence-corrected chi connectivity index (χ1v) is 7.98. The first kappa shape index (κ1) is 20.1. The molecule has 0 aliphatic carbocycles. The average molecular weight is 381 g/mol. The summed E-state index contributed by atoms with van der Waals surface area (Å²) in [5, 5.41) is 2.58. The number of hydrogen-bond acceptors (Lipinski definition) is 3. The molecule has 0 bridgehead atoms. The molecule has 1 unspecified atom stereocenters. The number of benzene rings is 2. The molecule has 0 fully saturated rings. The van der Waals surface area contributed by atoms with Crippen LogP contribution in [0.1, 0.15) is 24.1 Å². The fraction of sp³-hybridized carbons (Fsp3) is 0.222. The lowest BCUT2D eigenvalue weighted by Crippen LogP contribution is -2.47. The molecule has 2 rings (SSSR count). The Morgan fingerprint density at radius 2 is 1.63 bits per heavy atom. The summed E-state index contributed by atoms with van der Waals surface area (Å²) in [6.07, 6.45) is -0.0261. The Balaban J connectivity index is 1.77. The van der Waals surface area contributed by atoms with Gasteiger partial charge in [0.15, 0.2) is 0 Å². The Morgan fingerprint density at radius 1 is 1.00 bits per heavy atom. The van der Waals surface area contributed by atoms with E-state index in [1.54, 1.807) is 6.92 Å². The SMILES string of the molecule is CC(NC(=O)NNC(=O)Cc1ccc(F)cc1)c1ccc(OC(F)F)cc1. The van der Waals surface area contributed by atoms with Gasteiger partial charge in [-0.05, 0) is 42.3 Å². The highest BCUT2D eigenvalue weighted by molar-refractivity contribution is 5.82. The van der Waals surface area contributed by atoms with E-state index in [-0.39, 0.29) is 12.2 Å². The number of ether oxygens (including phenoxy) is 1. The number of carbonyl (C=O) groups is 2. The third-order valence-corrected chi connectivity index (χ3v) is 3.55. The number of urea groups is 1. The van der Waals surface area contributed by atoms with Gasteiger partial charge in [0.1, 0.15) is 11.6 Å². The first-order chi connectivity index (χ1) is 12.8. The molecule has 3 amide bonds. The van der Waals surface area contributed by atoms with Crippen LogP contribution in [-0.2, 0) is 11.2 Å². The molecule has 0 aliphatic rings. The summed E-state index contributed by atoms with van der Waals surface area (Å²) in [4.78, 5) is 23.6. The Morgan fingerprint density at radius 3 is 2.22 bits per heavy atom. The van der Waals surface area contributed by atoms with E-state index in [4.69, 9.17) is 0 Å². The molecule has 0 aromatic heterocycles. The Bertz CT molecular complexity index is 768. The summed E-state index contributed by atoms with van der Waals surface area (Å²) in [5.41, 5.74) is 5.69. The van der Waals surface area contributed by atoms with Crippen LogP contribution in [0.3, 0.4) is 0 Å². The Labute approximate surface area is 153 Å². The molecule has 0 spiro atoms. The fourth-order valence-electron chi connectivity index (χ4n) is 2.21. The van der Waals surface area contributed by atoms with Crippen molar-refractivity contribution in [3.63, 3.8) is 0 Å². The highest BCUT2D eigenvalue weighted by Gasteiger charge is 2.11. The molecule has 2 aromatic carbocycles. The average Bonchev–Trinajstić information content (AvgIpc) is 2.62. The molecule has 0 saturated carbocycles. The lowest BCUT2D eigenvalue weighted by Gasteiger charge is -2.16. The van der Waals surface area contributed by atoms with E-state index in [1.807, 2.05) is 0 Å². The lowest BCUT2D eigenvalue weighted by molar-refractivity contribution is -0.121. The smallest absolute Gasteiger partial charge is 0.387 e. The number of alkyl halides is 2. The second kappa shape index (κ2) is 9.46. The quantitative estimate of drug-likeness (QED) is 0.673. The summed E-state index contributed by atoms with van der Waals surface area (Å²) in [6, 6.07) is 10.1. The second-order valence-electron chi connectivity index (χ2n) is 5.62. The molecule has 144 valence electrons. The largest absolute Gasteiger partial charge is 0.435 e. The van der Waals surface area contributed by atoms with Crippen molar-refractivity contribution in [2.24, 2.45) is 0 Å². The van der Waals surface area contributed by atoms with E-state index >= 15 is 0 Å². The topological polar surface area (TPSA) is 79.5 Å². The van der Waals surface area contributed by atoms with Crippen molar-refractivity contribution in [3.8, 4) is 5.75 Å². The number of nitrogens with one attached hydrogen (secondary N) is 3. The number of hydrazine groups is 1. The molecule has 0 heterocycles. The van der Waals surface area contributed by atoms with Crippen LogP contribution in [0.5, 0.6) is 5.75 Å². The second-order valence-corrected chi connectivity index (χ2v) is 5.62. The van der Waals surface area contributed by atoms with Gasteiger partial charge in [0.2, 0.25) is 5.91 Å². The van der Waals surface area contributed by atoms with Crippen molar-refractivity contribution < 1.29 is 27.5 Å². The van der Waals surface area contributed by atoms with Crippen LogP contribution in [0.4, 0.5) is 18.0 Å². The van der Waals surface area contributed by atoms with Crippen molar-refractivity contribution >= 4 is 11.9 Å². The van der Waals surface area contributed by atoms with Gasteiger partial charge in [-0.1, -0.05) is 24.3 Å². The fourth-order valence-corrected chi connectivity index (χ4v) is 2.21. The molecule has 9 heteroatoms. The molecule has 27 heavy (non-hydrogen) atoms. The van der Waals surface area contributed by atoms with Crippen molar-refractivity contribution in [3.05, 3.63) is 65.5 Å². The van der Waals surface area contributed by atoms with Crippen molar-refractivity contribution in [1.82, 2.24) is 16.2 Å². The summed E-state index contributed by atoms with van der Waals surface area (Å²) < 4.78 is 41.3. The van der Waals surface area contributed by atoms with Gasteiger partial charge in [0.05, 0.1) is 12.5 Å². The zero-order valence-corrected chi connectivity index (χ0v) is 14.3. The molecular formula is C18H18F3N3O3. The van der Waals surface area contributed by atoms with E-state index < -0.39 is 30.4 Å². The molecule has 0 saturated heterocycles. The predicted octanol–water partition coefficient (Wildman–Crippen LogP) is 3.06. The van der Waals surface area contributed by atoms with Gasteiger partial charge in [0.25, 0.3) is 0 Å². The molecular weight excluding hydrogens is 363 g/mol. The summed E-state index contributed by atoms with van der Waals surface area (Å²) in [5.74, 6) is -0.865. The zero-order valence-electron chi connectivity index (χ0n) is 14.3. The molecule has 0 aliphatic heterocycles. The normalized spacial score (nSPS) is 11.6. The van der Waals surface area contributed by atoms with Crippen LogP contribution in [0.25, 0.3) is 0 Å². The van der Waals surface area contributed by atoms with E-state index in [1.165, 1.54) is 48.5 Å². The third-order valence-electron chi connectivity index (χ3n) is 3.55. The minimum atomic E-state index is -2.91. The van der Waals surface area contributed by atoms with Crippen LogP contribution < -0.4 is 20.9 Å². The molecule has 2 aromatic rings. The van der Waals surface area contributed by atoms with Gasteiger partial charge in [-0.3, -0.25) is 10.2 Å². The highest BCUT2D eigenvalue weighted by Crippen LogP contribution is 2.19. The molecule has 0 radical (unpaired) electrons. The lowest BCUT2D eigenvalue weighted by atomic mass is 10.1. The van der Waals surface area contributed by atoms with Gasteiger partial charge in [0, 0.05) is 0 Å². The maximum absolute atomic E-state index is 12.8. The van der Waals surface area contributed by atoms with E-state index in [9.17, 15) is 22.8 Å². The third kappa shape index (κ3) is 6.89. The van der Waals surface area contributed by atoms with Crippen molar-refractivity contribution in [1.29, 1.82) is 0 Å². The summed E-state index contributed by atoms with van der Waals surface area (Å²) >= 11 is 0. The van der Waals surface area contributed by atoms with Crippen molar-refractivity contribution in [2.75, 3.05) is 0 Å². The van der Waals surface area contributed by atoms with Gasteiger partial charge >= 0.3 is 12.6 Å². The number of hydrogen-bond donors (Lipinski definition) is 3. The Kier molecular flexibility index (Phi) is 7.04. The van der Waals surface area contributed by atoms with Gasteiger partial charge in [-0.2, -0.15) is 8.78 Å². The van der Waals surface area contributed by atoms with Gasteiger partial charge in [-0.25, -0.2) is 14.6 Å². The van der Waals surface area contributed by atoms with Crippen molar-refractivity contribution in [2.45, 2.75) is 26.0 Å².